The van der Waals surface area contributed by atoms with Crippen LogP contribution in [0.3, 0.4) is 0 Å². The average Bonchev–Trinajstić information content (AvgIpc) is 2.90. The lowest BCUT2D eigenvalue weighted by Gasteiger charge is -2.11. The van der Waals surface area contributed by atoms with Gasteiger partial charge in [-0.25, -0.2) is 4.79 Å². The highest BCUT2D eigenvalue weighted by Crippen LogP contribution is 2.20. The molecule has 1 heterocycles. The van der Waals surface area contributed by atoms with Gasteiger partial charge in [0.2, 0.25) is 0 Å². The number of hydrogen-bond donors (Lipinski definition) is 2. The van der Waals surface area contributed by atoms with Crippen molar-refractivity contribution in [1.29, 1.82) is 0 Å². The van der Waals surface area contributed by atoms with Crippen LogP contribution in [0.5, 0.6) is 0 Å². The summed E-state index contributed by atoms with van der Waals surface area (Å²) in [6.45, 7) is 2.63. The number of benzene rings is 1. The van der Waals surface area contributed by atoms with Crippen LogP contribution >= 0.6 is 0 Å². The molecule has 0 spiro atoms. The lowest BCUT2D eigenvalue weighted by molar-refractivity contribution is 0.0600. The summed E-state index contributed by atoms with van der Waals surface area (Å²) in [6.07, 6.45) is 3.82. The highest BCUT2D eigenvalue weighted by molar-refractivity contribution is 5.92. The number of hydrogen-bond acceptors (Lipinski definition) is 3. The van der Waals surface area contributed by atoms with Gasteiger partial charge in [-0.15, -0.1) is 0 Å². The normalized spacial score (nSPS) is 10.1. The maximum Gasteiger partial charge on any atom is 0.338 e. The molecule has 2 N–H and O–H groups in total. The minimum absolute atomic E-state index is 0.308. The molecule has 0 saturated heterocycles. The average molecular weight is 244 g/mol. The lowest BCUT2D eigenvalue weighted by Crippen LogP contribution is -2.07. The lowest BCUT2D eigenvalue weighted by atomic mass is 10.1. The van der Waals surface area contributed by atoms with Crippen molar-refractivity contribution >= 4 is 11.7 Å². The topological polar surface area (TPSA) is 54.1 Å². The molecule has 18 heavy (non-hydrogen) atoms. The first-order chi connectivity index (χ1) is 8.72. The Hall–Kier alpha value is -2.23. The van der Waals surface area contributed by atoms with E-state index in [9.17, 15) is 4.79 Å². The maximum atomic E-state index is 11.6. The molecule has 0 fully saturated rings. The largest absolute Gasteiger partial charge is 0.465 e. The fourth-order valence-electron chi connectivity index (χ4n) is 1.82. The van der Waals surface area contributed by atoms with E-state index in [4.69, 9.17) is 4.74 Å². The van der Waals surface area contributed by atoms with Crippen molar-refractivity contribution in [2.24, 2.45) is 0 Å². The van der Waals surface area contributed by atoms with Crippen molar-refractivity contribution < 1.29 is 9.53 Å². The minimum Gasteiger partial charge on any atom is -0.465 e. The molecule has 0 aliphatic heterocycles. The number of nitrogens with one attached hydrogen (secondary N) is 2. The number of carbonyl (C=O) groups excluding carboxylic acids is 1. The predicted octanol–water partition coefficient (Wildman–Crippen LogP) is 2.72. The van der Waals surface area contributed by atoms with Gasteiger partial charge in [-0.05, 0) is 36.2 Å². The van der Waals surface area contributed by atoms with E-state index in [0.29, 0.717) is 5.56 Å². The minimum atomic E-state index is -0.308. The molecule has 4 nitrogen and oxygen atoms in total. The van der Waals surface area contributed by atoms with E-state index in [2.05, 4.69) is 10.3 Å². The fourth-order valence-corrected chi connectivity index (χ4v) is 1.82. The van der Waals surface area contributed by atoms with Crippen LogP contribution in [0, 0.1) is 6.92 Å². The molecule has 0 amide bonds. The molecule has 0 bridgehead atoms. The second-order valence-corrected chi connectivity index (χ2v) is 4.04. The quantitative estimate of drug-likeness (QED) is 0.813. The van der Waals surface area contributed by atoms with Crippen molar-refractivity contribution in [1.82, 2.24) is 4.98 Å². The van der Waals surface area contributed by atoms with Crippen LogP contribution in [0.15, 0.2) is 36.7 Å². The van der Waals surface area contributed by atoms with Crippen LogP contribution in [-0.2, 0) is 11.3 Å². The Morgan fingerprint density at radius 3 is 2.89 bits per heavy atom. The Labute approximate surface area is 106 Å². The Balaban J connectivity index is 2.16. The first-order valence-corrected chi connectivity index (χ1v) is 5.76. The summed E-state index contributed by atoms with van der Waals surface area (Å²) < 4.78 is 4.75. The van der Waals surface area contributed by atoms with Gasteiger partial charge in [0.25, 0.3) is 0 Å². The van der Waals surface area contributed by atoms with E-state index in [1.165, 1.54) is 7.11 Å². The molecule has 2 rings (SSSR count). The highest BCUT2D eigenvalue weighted by atomic mass is 16.5. The van der Waals surface area contributed by atoms with Crippen molar-refractivity contribution in [3.8, 4) is 0 Å². The van der Waals surface area contributed by atoms with Crippen molar-refractivity contribution in [2.45, 2.75) is 13.5 Å². The first kappa shape index (κ1) is 12.2. The number of aromatic nitrogens is 1. The van der Waals surface area contributed by atoms with Gasteiger partial charge in [0.1, 0.15) is 0 Å². The van der Waals surface area contributed by atoms with Gasteiger partial charge in [0, 0.05) is 24.6 Å². The molecule has 1 aromatic carbocycles. The second kappa shape index (κ2) is 5.40. The summed E-state index contributed by atoms with van der Waals surface area (Å²) >= 11 is 0. The van der Waals surface area contributed by atoms with E-state index >= 15 is 0 Å². The van der Waals surface area contributed by atoms with Gasteiger partial charge in [0.05, 0.1) is 12.7 Å². The van der Waals surface area contributed by atoms with Gasteiger partial charge in [-0.2, -0.15) is 0 Å². The number of methoxy groups -OCH3 is 1. The van der Waals surface area contributed by atoms with Crippen LogP contribution in [0.2, 0.25) is 0 Å². The monoisotopic (exact) mass is 244 g/mol. The predicted molar refractivity (Wildman–Crippen MR) is 70.6 cm³/mol. The van der Waals surface area contributed by atoms with Crippen LogP contribution < -0.4 is 5.32 Å². The first-order valence-electron chi connectivity index (χ1n) is 5.76. The van der Waals surface area contributed by atoms with E-state index in [1.807, 2.05) is 37.5 Å². The van der Waals surface area contributed by atoms with Crippen molar-refractivity contribution in [2.75, 3.05) is 12.4 Å². The summed E-state index contributed by atoms with van der Waals surface area (Å²) in [5.41, 5.74) is 3.61. The van der Waals surface area contributed by atoms with Gasteiger partial charge in [0.15, 0.2) is 0 Å². The summed E-state index contributed by atoms with van der Waals surface area (Å²) in [6, 6.07) is 7.57. The van der Waals surface area contributed by atoms with Crippen LogP contribution in [0.4, 0.5) is 5.69 Å². The zero-order chi connectivity index (χ0) is 13.0. The standard InChI is InChI=1S/C14H16N2O2/c1-10-12(14(17)18-2)4-3-5-13(10)16-9-11-6-7-15-8-11/h3-8,15-16H,9H2,1-2H3. The third kappa shape index (κ3) is 2.53. The molecule has 0 saturated carbocycles. The second-order valence-electron chi connectivity index (χ2n) is 4.04. The van der Waals surface area contributed by atoms with Crippen LogP contribution in [0.25, 0.3) is 0 Å². The molecule has 0 radical (unpaired) electrons. The molecular formula is C14H16N2O2. The summed E-state index contributed by atoms with van der Waals surface area (Å²) in [5, 5.41) is 3.31. The molecule has 0 aliphatic carbocycles. The number of anilines is 1. The smallest absolute Gasteiger partial charge is 0.338 e. The molecule has 0 atom stereocenters. The van der Waals surface area contributed by atoms with Crippen LogP contribution in [0.1, 0.15) is 21.5 Å². The van der Waals surface area contributed by atoms with E-state index in [1.54, 1.807) is 6.07 Å². The fraction of sp³-hybridized carbons (Fsp3) is 0.214. The number of aromatic amines is 1. The van der Waals surface area contributed by atoms with Gasteiger partial charge in [-0.3, -0.25) is 0 Å². The van der Waals surface area contributed by atoms with Crippen molar-refractivity contribution in [3.63, 3.8) is 0 Å². The molecule has 4 heteroatoms. The van der Waals surface area contributed by atoms with Gasteiger partial charge in [-0.1, -0.05) is 6.07 Å². The molecule has 0 unspecified atom stereocenters. The van der Waals surface area contributed by atoms with Crippen molar-refractivity contribution in [3.05, 3.63) is 53.3 Å². The summed E-state index contributed by atoms with van der Waals surface area (Å²) in [5.74, 6) is -0.308. The number of rotatable bonds is 4. The van der Waals surface area contributed by atoms with Crippen LogP contribution in [-0.4, -0.2) is 18.1 Å². The molecule has 94 valence electrons. The zero-order valence-corrected chi connectivity index (χ0v) is 10.5. The number of ether oxygens (including phenoxy) is 1. The highest BCUT2D eigenvalue weighted by Gasteiger charge is 2.11. The molecule has 1 aromatic heterocycles. The molecular weight excluding hydrogens is 228 g/mol. The Morgan fingerprint density at radius 2 is 2.22 bits per heavy atom. The maximum absolute atomic E-state index is 11.6. The Bertz CT molecular complexity index is 533. The van der Waals surface area contributed by atoms with E-state index in [0.717, 1.165) is 23.4 Å². The third-order valence-electron chi connectivity index (χ3n) is 2.88. The van der Waals surface area contributed by atoms with E-state index in [-0.39, 0.29) is 5.97 Å². The van der Waals surface area contributed by atoms with Gasteiger partial charge < -0.3 is 15.0 Å². The number of carbonyl (C=O) groups is 1. The van der Waals surface area contributed by atoms with Gasteiger partial charge >= 0.3 is 5.97 Å². The number of esters is 1. The van der Waals surface area contributed by atoms with E-state index < -0.39 is 0 Å². The summed E-state index contributed by atoms with van der Waals surface area (Å²) in [7, 11) is 1.39. The molecule has 0 aliphatic rings. The Kier molecular flexibility index (Phi) is 3.67. The Morgan fingerprint density at radius 1 is 1.39 bits per heavy atom. The zero-order valence-electron chi connectivity index (χ0n) is 10.5. The molecule has 2 aromatic rings. The third-order valence-corrected chi connectivity index (χ3v) is 2.88. The SMILES string of the molecule is COC(=O)c1cccc(NCc2cc[nH]c2)c1C. The summed E-state index contributed by atoms with van der Waals surface area (Å²) in [4.78, 5) is 14.6. The number of H-pyrrole nitrogens is 1.